The van der Waals surface area contributed by atoms with Crippen LogP contribution in [0.25, 0.3) is 10.9 Å². The second-order valence-electron chi connectivity index (χ2n) is 3.11. The van der Waals surface area contributed by atoms with Crippen molar-refractivity contribution in [1.29, 1.82) is 0 Å². The van der Waals surface area contributed by atoms with Crippen LogP contribution in [-0.2, 0) is 4.74 Å². The van der Waals surface area contributed by atoms with E-state index in [0.29, 0.717) is 16.8 Å². The van der Waals surface area contributed by atoms with Crippen LogP contribution in [0.15, 0.2) is 24.5 Å². The van der Waals surface area contributed by atoms with Crippen molar-refractivity contribution in [1.82, 2.24) is 9.97 Å². The van der Waals surface area contributed by atoms with E-state index in [-0.39, 0.29) is 0 Å². The molecule has 0 radical (unpaired) electrons. The van der Waals surface area contributed by atoms with Crippen LogP contribution in [0.1, 0.15) is 10.4 Å². The average molecular weight is 218 g/mol. The summed E-state index contributed by atoms with van der Waals surface area (Å²) >= 11 is 0. The normalized spacial score (nSPS) is 10.1. The van der Waals surface area contributed by atoms with E-state index >= 15 is 0 Å². The molecule has 2 rings (SSSR count). The van der Waals surface area contributed by atoms with Crippen LogP contribution in [-0.4, -0.2) is 30.2 Å². The Kier molecular flexibility index (Phi) is 2.68. The molecule has 0 unspecified atom stereocenters. The quantitative estimate of drug-likeness (QED) is 0.713. The van der Waals surface area contributed by atoms with Crippen molar-refractivity contribution in [3.63, 3.8) is 0 Å². The Balaban J connectivity index is 2.63. The monoisotopic (exact) mass is 218 g/mol. The summed E-state index contributed by atoms with van der Waals surface area (Å²) in [4.78, 5) is 19.4. The number of carbonyl (C=O) groups excluding carboxylic acids is 1. The standard InChI is InChI=1S/C11H10N2O3/c1-15-10-8-5-7(11(14)16-2)3-4-9(8)12-6-13-10/h3-6H,1-2H3. The van der Waals surface area contributed by atoms with Gasteiger partial charge in [-0.25, -0.2) is 14.8 Å². The molecule has 1 aromatic carbocycles. The fraction of sp³-hybridized carbons (Fsp3) is 0.182. The second kappa shape index (κ2) is 4.14. The Morgan fingerprint density at radius 2 is 2.06 bits per heavy atom. The molecule has 0 spiro atoms. The van der Waals surface area contributed by atoms with Gasteiger partial charge in [0.2, 0.25) is 5.88 Å². The summed E-state index contributed by atoms with van der Waals surface area (Å²) in [5.74, 6) is 0.0450. The van der Waals surface area contributed by atoms with E-state index in [1.165, 1.54) is 20.5 Å². The molecule has 0 amide bonds. The first-order valence-corrected chi connectivity index (χ1v) is 4.63. The number of hydrogen-bond acceptors (Lipinski definition) is 5. The molecule has 0 N–H and O–H groups in total. The van der Waals surface area contributed by atoms with Crippen molar-refractivity contribution in [2.24, 2.45) is 0 Å². The van der Waals surface area contributed by atoms with Crippen LogP contribution < -0.4 is 4.74 Å². The maximum Gasteiger partial charge on any atom is 0.337 e. The fourth-order valence-corrected chi connectivity index (χ4v) is 1.44. The zero-order chi connectivity index (χ0) is 11.5. The van der Waals surface area contributed by atoms with E-state index in [1.54, 1.807) is 18.2 Å². The van der Waals surface area contributed by atoms with E-state index in [2.05, 4.69) is 14.7 Å². The van der Waals surface area contributed by atoms with Crippen molar-refractivity contribution in [3.8, 4) is 5.88 Å². The lowest BCUT2D eigenvalue weighted by atomic mass is 10.1. The van der Waals surface area contributed by atoms with Crippen LogP contribution in [0.3, 0.4) is 0 Å². The molecule has 0 fully saturated rings. The number of nitrogens with zero attached hydrogens (tertiary/aromatic N) is 2. The van der Waals surface area contributed by atoms with Gasteiger partial charge in [0.25, 0.3) is 0 Å². The van der Waals surface area contributed by atoms with Gasteiger partial charge in [0.15, 0.2) is 0 Å². The van der Waals surface area contributed by atoms with Gasteiger partial charge in [0, 0.05) is 0 Å². The van der Waals surface area contributed by atoms with Crippen LogP contribution in [0, 0.1) is 0 Å². The second-order valence-corrected chi connectivity index (χ2v) is 3.11. The summed E-state index contributed by atoms with van der Waals surface area (Å²) < 4.78 is 9.73. The third-order valence-electron chi connectivity index (χ3n) is 2.21. The molecular formula is C11H10N2O3. The highest BCUT2D eigenvalue weighted by Gasteiger charge is 2.09. The number of methoxy groups -OCH3 is 2. The predicted molar refractivity (Wildman–Crippen MR) is 57.4 cm³/mol. The van der Waals surface area contributed by atoms with Gasteiger partial charge >= 0.3 is 5.97 Å². The molecule has 5 heteroatoms. The van der Waals surface area contributed by atoms with Gasteiger partial charge in [-0.15, -0.1) is 0 Å². The Morgan fingerprint density at radius 1 is 1.25 bits per heavy atom. The van der Waals surface area contributed by atoms with Crippen molar-refractivity contribution in [2.75, 3.05) is 14.2 Å². The number of benzene rings is 1. The first kappa shape index (κ1) is 10.4. The van der Waals surface area contributed by atoms with Crippen molar-refractivity contribution in [2.45, 2.75) is 0 Å². The van der Waals surface area contributed by atoms with E-state index in [4.69, 9.17) is 4.74 Å². The molecular weight excluding hydrogens is 208 g/mol. The van der Waals surface area contributed by atoms with Crippen molar-refractivity contribution in [3.05, 3.63) is 30.1 Å². The average Bonchev–Trinajstić information content (AvgIpc) is 2.36. The van der Waals surface area contributed by atoms with Gasteiger partial charge < -0.3 is 9.47 Å². The minimum absolute atomic E-state index is 0.396. The molecule has 0 aliphatic heterocycles. The van der Waals surface area contributed by atoms with E-state index in [0.717, 1.165) is 5.52 Å². The van der Waals surface area contributed by atoms with Gasteiger partial charge in [-0.1, -0.05) is 0 Å². The molecule has 0 aliphatic rings. The number of esters is 1. The lowest BCUT2D eigenvalue weighted by Crippen LogP contribution is -2.01. The Labute approximate surface area is 92.0 Å². The Bertz CT molecular complexity index is 540. The smallest absolute Gasteiger partial charge is 0.337 e. The lowest BCUT2D eigenvalue weighted by Gasteiger charge is -2.04. The molecule has 0 saturated heterocycles. The molecule has 1 heterocycles. The predicted octanol–water partition coefficient (Wildman–Crippen LogP) is 1.42. The summed E-state index contributed by atoms with van der Waals surface area (Å²) in [6.45, 7) is 0. The minimum Gasteiger partial charge on any atom is -0.480 e. The number of ether oxygens (including phenoxy) is 2. The van der Waals surface area contributed by atoms with Gasteiger partial charge in [-0.2, -0.15) is 0 Å². The first-order valence-electron chi connectivity index (χ1n) is 4.63. The molecule has 5 nitrogen and oxygen atoms in total. The number of hydrogen-bond donors (Lipinski definition) is 0. The van der Waals surface area contributed by atoms with E-state index in [9.17, 15) is 4.79 Å². The van der Waals surface area contributed by atoms with Crippen LogP contribution in [0.4, 0.5) is 0 Å². The van der Waals surface area contributed by atoms with Crippen LogP contribution >= 0.6 is 0 Å². The third kappa shape index (κ3) is 1.67. The number of fused-ring (bicyclic) bond motifs is 1. The maximum absolute atomic E-state index is 11.4. The summed E-state index contributed by atoms with van der Waals surface area (Å²) in [7, 11) is 2.86. The van der Waals surface area contributed by atoms with Crippen molar-refractivity contribution >= 4 is 16.9 Å². The van der Waals surface area contributed by atoms with E-state index in [1.807, 2.05) is 0 Å². The molecule has 0 atom stereocenters. The summed E-state index contributed by atoms with van der Waals surface area (Å²) in [5, 5.41) is 0.688. The third-order valence-corrected chi connectivity index (χ3v) is 2.21. The summed E-state index contributed by atoms with van der Waals surface area (Å²) in [6, 6.07) is 5.03. The molecule has 0 aliphatic carbocycles. The summed E-state index contributed by atoms with van der Waals surface area (Å²) in [6.07, 6.45) is 1.42. The van der Waals surface area contributed by atoms with Gasteiger partial charge in [0.1, 0.15) is 6.33 Å². The topological polar surface area (TPSA) is 61.3 Å². The highest BCUT2D eigenvalue weighted by molar-refractivity contribution is 5.95. The zero-order valence-corrected chi connectivity index (χ0v) is 8.93. The minimum atomic E-state index is -0.396. The Morgan fingerprint density at radius 3 is 2.75 bits per heavy atom. The number of aromatic nitrogens is 2. The SMILES string of the molecule is COC(=O)c1ccc2ncnc(OC)c2c1. The lowest BCUT2D eigenvalue weighted by molar-refractivity contribution is 0.0601. The Hall–Kier alpha value is -2.17. The van der Waals surface area contributed by atoms with Crippen LogP contribution in [0.2, 0.25) is 0 Å². The number of carbonyl (C=O) groups is 1. The maximum atomic E-state index is 11.4. The largest absolute Gasteiger partial charge is 0.480 e. The zero-order valence-electron chi connectivity index (χ0n) is 8.93. The van der Waals surface area contributed by atoms with E-state index < -0.39 is 5.97 Å². The highest BCUT2D eigenvalue weighted by Crippen LogP contribution is 2.22. The number of rotatable bonds is 2. The van der Waals surface area contributed by atoms with Crippen LogP contribution in [0.5, 0.6) is 5.88 Å². The highest BCUT2D eigenvalue weighted by atomic mass is 16.5. The molecule has 0 bridgehead atoms. The van der Waals surface area contributed by atoms with Crippen molar-refractivity contribution < 1.29 is 14.3 Å². The van der Waals surface area contributed by atoms with Gasteiger partial charge in [0.05, 0.1) is 30.7 Å². The molecule has 1 aromatic heterocycles. The molecule has 16 heavy (non-hydrogen) atoms. The fourth-order valence-electron chi connectivity index (χ4n) is 1.44. The summed E-state index contributed by atoms with van der Waals surface area (Å²) in [5.41, 5.74) is 1.17. The molecule has 0 saturated carbocycles. The van der Waals surface area contributed by atoms with Gasteiger partial charge in [-0.3, -0.25) is 0 Å². The first-order chi connectivity index (χ1) is 7.76. The van der Waals surface area contributed by atoms with Gasteiger partial charge in [-0.05, 0) is 18.2 Å². The molecule has 2 aromatic rings. The molecule has 82 valence electrons.